The molecule has 104 valence electrons. The fourth-order valence-electron chi connectivity index (χ4n) is 2.07. The molecule has 1 aromatic carbocycles. The summed E-state index contributed by atoms with van der Waals surface area (Å²) in [7, 11) is 0. The van der Waals surface area contributed by atoms with Crippen LogP contribution >= 0.6 is 0 Å². The number of hydrogen-bond donors (Lipinski definition) is 2. The maximum Gasteiger partial charge on any atom is 0.197 e. The van der Waals surface area contributed by atoms with Crippen molar-refractivity contribution in [3.63, 3.8) is 0 Å². The molecule has 2 heterocycles. The molecule has 6 heteroatoms. The number of nitrogens with two attached hydrogens (primary N) is 1. The van der Waals surface area contributed by atoms with Crippen LogP contribution in [0.2, 0.25) is 0 Å². The molecular weight excluding hydrogens is 256 g/mol. The molecule has 0 amide bonds. The number of fused-ring (bicyclic) bond motifs is 1. The van der Waals surface area contributed by atoms with E-state index in [1.807, 2.05) is 32.0 Å². The number of benzene rings is 1. The van der Waals surface area contributed by atoms with Crippen LogP contribution in [-0.4, -0.2) is 17.1 Å². The zero-order chi connectivity index (χ0) is 14.1. The molecule has 0 saturated heterocycles. The van der Waals surface area contributed by atoms with Gasteiger partial charge in [-0.3, -0.25) is 0 Å². The smallest absolute Gasteiger partial charge is 0.197 e. The van der Waals surface area contributed by atoms with Crippen molar-refractivity contribution in [3.05, 3.63) is 30.0 Å². The third-order valence-corrected chi connectivity index (χ3v) is 3.06. The molecule has 1 aliphatic heterocycles. The van der Waals surface area contributed by atoms with Gasteiger partial charge < -0.3 is 20.3 Å². The molecule has 0 saturated carbocycles. The van der Waals surface area contributed by atoms with Gasteiger partial charge in [-0.05, 0) is 25.5 Å². The van der Waals surface area contributed by atoms with Crippen LogP contribution in [0.4, 0.5) is 17.2 Å². The molecule has 0 spiro atoms. The first-order valence-electron chi connectivity index (χ1n) is 6.51. The zero-order valence-corrected chi connectivity index (χ0v) is 11.4. The summed E-state index contributed by atoms with van der Waals surface area (Å²) in [6, 6.07) is 7.28. The summed E-state index contributed by atoms with van der Waals surface area (Å²) in [5.41, 5.74) is 7.29. The summed E-state index contributed by atoms with van der Waals surface area (Å²) >= 11 is 0. The lowest BCUT2D eigenvalue weighted by atomic mass is 10.1. The van der Waals surface area contributed by atoms with Crippen LogP contribution in [0.25, 0.3) is 0 Å². The summed E-state index contributed by atoms with van der Waals surface area (Å²) in [4.78, 5) is 4.46. The molecule has 1 aromatic heterocycles. The van der Waals surface area contributed by atoms with E-state index in [1.54, 1.807) is 6.07 Å². The van der Waals surface area contributed by atoms with Gasteiger partial charge in [0.2, 0.25) is 0 Å². The Morgan fingerprint density at radius 2 is 2.25 bits per heavy atom. The lowest BCUT2D eigenvalue weighted by Crippen LogP contribution is -2.36. The summed E-state index contributed by atoms with van der Waals surface area (Å²) < 4.78 is 10.9. The Bertz CT molecular complexity index is 663. The number of nitrogens with zero attached hydrogens (tertiary/aromatic N) is 2. The number of aliphatic imine (C=N–C) groups is 1. The van der Waals surface area contributed by atoms with E-state index in [2.05, 4.69) is 15.5 Å². The van der Waals surface area contributed by atoms with E-state index in [9.17, 15) is 0 Å². The standard InChI is InChI=1S/C14H16N4O2/c1-3-11-14(17-13-6-8(2)20-18-13)16-10-5-4-9(15)7-12(10)19-11/h4-7,11H,3,15H2,1-2H3,(H,16,17,18). The molecule has 6 nitrogen and oxygen atoms in total. The SMILES string of the molecule is CCC1Oc2cc(N)ccc2NC1=Nc1cc(C)on1. The van der Waals surface area contributed by atoms with Crippen molar-refractivity contribution in [1.82, 2.24) is 5.16 Å². The number of nitrogen functional groups attached to an aromatic ring is 1. The Labute approximate surface area is 116 Å². The van der Waals surface area contributed by atoms with Crippen molar-refractivity contribution in [2.24, 2.45) is 4.99 Å². The van der Waals surface area contributed by atoms with E-state index >= 15 is 0 Å². The van der Waals surface area contributed by atoms with E-state index in [-0.39, 0.29) is 6.10 Å². The van der Waals surface area contributed by atoms with Crippen LogP contribution in [0.5, 0.6) is 5.75 Å². The topological polar surface area (TPSA) is 85.7 Å². The summed E-state index contributed by atoms with van der Waals surface area (Å²) in [5.74, 6) is 2.72. The highest BCUT2D eigenvalue weighted by molar-refractivity contribution is 6.03. The Balaban J connectivity index is 1.95. The maximum absolute atomic E-state index is 5.92. The summed E-state index contributed by atoms with van der Waals surface area (Å²) in [6.07, 6.45) is 0.637. The van der Waals surface area contributed by atoms with Gasteiger partial charge in [-0.1, -0.05) is 12.1 Å². The summed E-state index contributed by atoms with van der Waals surface area (Å²) in [6.45, 7) is 3.87. The minimum absolute atomic E-state index is 0.152. The molecular formula is C14H16N4O2. The normalized spacial score (nSPS) is 19.3. The summed E-state index contributed by atoms with van der Waals surface area (Å²) in [5, 5.41) is 7.14. The molecule has 0 aliphatic carbocycles. The highest BCUT2D eigenvalue weighted by Gasteiger charge is 2.24. The predicted octanol–water partition coefficient (Wildman–Crippen LogP) is 2.88. The molecule has 0 fully saturated rings. The Kier molecular flexibility index (Phi) is 3.06. The van der Waals surface area contributed by atoms with Gasteiger partial charge in [0.25, 0.3) is 0 Å². The third-order valence-electron chi connectivity index (χ3n) is 3.06. The van der Waals surface area contributed by atoms with Crippen LogP contribution in [0, 0.1) is 6.92 Å². The van der Waals surface area contributed by atoms with Crippen molar-refractivity contribution in [3.8, 4) is 5.75 Å². The van der Waals surface area contributed by atoms with Crippen LogP contribution in [-0.2, 0) is 0 Å². The highest BCUT2D eigenvalue weighted by atomic mass is 16.5. The molecule has 1 atom stereocenters. The number of aromatic nitrogens is 1. The second-order valence-corrected chi connectivity index (χ2v) is 4.69. The van der Waals surface area contributed by atoms with Gasteiger partial charge in [0.05, 0.1) is 5.69 Å². The minimum Gasteiger partial charge on any atom is -0.480 e. The fraction of sp³-hybridized carbons (Fsp3) is 0.286. The largest absolute Gasteiger partial charge is 0.480 e. The molecule has 20 heavy (non-hydrogen) atoms. The monoisotopic (exact) mass is 272 g/mol. The third kappa shape index (κ3) is 2.32. The number of aryl methyl sites for hydroxylation is 1. The number of nitrogens with one attached hydrogen (secondary N) is 1. The number of ether oxygens (including phenoxy) is 1. The van der Waals surface area contributed by atoms with Gasteiger partial charge in [0.1, 0.15) is 17.3 Å². The van der Waals surface area contributed by atoms with Crippen molar-refractivity contribution in [1.29, 1.82) is 0 Å². The van der Waals surface area contributed by atoms with E-state index in [0.29, 0.717) is 11.5 Å². The van der Waals surface area contributed by atoms with Crippen molar-refractivity contribution in [2.45, 2.75) is 26.4 Å². The van der Waals surface area contributed by atoms with E-state index in [1.165, 1.54) is 0 Å². The van der Waals surface area contributed by atoms with Gasteiger partial charge in [0.15, 0.2) is 11.9 Å². The average molecular weight is 272 g/mol. The van der Waals surface area contributed by atoms with Crippen LogP contribution < -0.4 is 15.8 Å². The fourth-order valence-corrected chi connectivity index (χ4v) is 2.07. The van der Waals surface area contributed by atoms with Gasteiger partial charge in [0, 0.05) is 17.8 Å². The number of rotatable bonds is 2. The molecule has 1 aliphatic rings. The van der Waals surface area contributed by atoms with E-state index in [0.717, 1.165) is 29.5 Å². The van der Waals surface area contributed by atoms with Gasteiger partial charge in [-0.25, -0.2) is 4.99 Å². The second kappa shape index (κ2) is 4.88. The minimum atomic E-state index is -0.152. The van der Waals surface area contributed by atoms with Crippen molar-refractivity contribution in [2.75, 3.05) is 11.1 Å². The molecule has 0 bridgehead atoms. The Morgan fingerprint density at radius 1 is 1.40 bits per heavy atom. The molecule has 2 aromatic rings. The van der Waals surface area contributed by atoms with Crippen LogP contribution in [0.15, 0.2) is 33.8 Å². The number of anilines is 2. The maximum atomic E-state index is 5.92. The van der Waals surface area contributed by atoms with E-state index < -0.39 is 0 Å². The van der Waals surface area contributed by atoms with Gasteiger partial charge in [-0.2, -0.15) is 0 Å². The molecule has 0 radical (unpaired) electrons. The number of amidine groups is 1. The Hall–Kier alpha value is -2.50. The Morgan fingerprint density at radius 3 is 2.95 bits per heavy atom. The second-order valence-electron chi connectivity index (χ2n) is 4.69. The van der Waals surface area contributed by atoms with Crippen molar-refractivity contribution >= 4 is 23.0 Å². The van der Waals surface area contributed by atoms with Crippen LogP contribution in [0.1, 0.15) is 19.1 Å². The first kappa shape index (κ1) is 12.5. The molecule has 1 unspecified atom stereocenters. The van der Waals surface area contributed by atoms with Crippen LogP contribution in [0.3, 0.4) is 0 Å². The lowest BCUT2D eigenvalue weighted by Gasteiger charge is -2.28. The quantitative estimate of drug-likeness (QED) is 0.821. The van der Waals surface area contributed by atoms with Crippen molar-refractivity contribution < 1.29 is 9.26 Å². The van der Waals surface area contributed by atoms with Gasteiger partial charge >= 0.3 is 0 Å². The predicted molar refractivity (Wildman–Crippen MR) is 77.5 cm³/mol. The van der Waals surface area contributed by atoms with Gasteiger partial charge in [-0.15, -0.1) is 0 Å². The average Bonchev–Trinajstić information content (AvgIpc) is 2.83. The first-order chi connectivity index (χ1) is 9.65. The lowest BCUT2D eigenvalue weighted by molar-refractivity contribution is 0.259. The first-order valence-corrected chi connectivity index (χ1v) is 6.51. The zero-order valence-electron chi connectivity index (χ0n) is 11.4. The molecule has 3 N–H and O–H groups in total. The number of hydrogen-bond acceptors (Lipinski definition) is 5. The van der Waals surface area contributed by atoms with E-state index in [4.69, 9.17) is 15.0 Å². The molecule has 3 rings (SSSR count). The highest BCUT2D eigenvalue weighted by Crippen LogP contribution is 2.33.